The van der Waals surface area contributed by atoms with E-state index in [1.54, 1.807) is 12.5 Å². The molecule has 2 aromatic carbocycles. The number of carbonyl (C=O) groups is 1. The molecule has 1 saturated carbocycles. The van der Waals surface area contributed by atoms with Crippen LogP contribution in [0.3, 0.4) is 0 Å². The van der Waals surface area contributed by atoms with Crippen LogP contribution >= 0.6 is 24.2 Å². The van der Waals surface area contributed by atoms with E-state index in [1.165, 1.54) is 25.7 Å². The minimum atomic E-state index is 0.558. The number of benzene rings is 2. The van der Waals surface area contributed by atoms with Crippen molar-refractivity contribution in [1.82, 2.24) is 14.9 Å². The van der Waals surface area contributed by atoms with Gasteiger partial charge in [0.15, 0.2) is 12.1 Å². The smallest absolute Gasteiger partial charge is 0.159 e. The van der Waals surface area contributed by atoms with Crippen LogP contribution in [-0.4, -0.2) is 53.6 Å². The molecule has 0 saturated heterocycles. The Morgan fingerprint density at radius 1 is 1.08 bits per heavy atom. The lowest BCUT2D eigenvalue weighted by atomic mass is 9.85. The standard InChI is InChI=1S/C21H29N5O.C6H5Cl.CH4S/c1-26(19-7-5-15(12-22)6-8-19)10-9-20-17(14-27)13-24-21(25-20)16-3-2-4-18(23)11-16;7-6-4-2-1-3-5-6;1-2/h2-4,11,13-15,19H,5-10,12,22-23H2,1H3;1-5H;2H,1H3. The van der Waals surface area contributed by atoms with Crippen LogP contribution in [0.4, 0.5) is 5.69 Å². The number of likely N-dealkylation sites (N-methyl/N-ethyl adjacent to an activating group) is 1. The number of anilines is 1. The Hall–Kier alpha value is -2.45. The van der Waals surface area contributed by atoms with E-state index >= 15 is 0 Å². The lowest BCUT2D eigenvalue weighted by molar-refractivity contribution is 0.112. The van der Waals surface area contributed by atoms with Crippen LogP contribution in [0.5, 0.6) is 0 Å². The van der Waals surface area contributed by atoms with Crippen molar-refractivity contribution < 1.29 is 4.79 Å². The number of halogens is 1. The zero-order valence-corrected chi connectivity index (χ0v) is 22.8. The third kappa shape index (κ3) is 9.54. The van der Waals surface area contributed by atoms with Gasteiger partial charge in [-0.25, -0.2) is 9.97 Å². The molecule has 6 nitrogen and oxygen atoms in total. The second kappa shape index (κ2) is 16.3. The molecular weight excluding hydrogens is 490 g/mol. The fraction of sp³-hybridized carbons (Fsp3) is 0.393. The molecule has 1 aromatic heterocycles. The zero-order valence-electron chi connectivity index (χ0n) is 21.2. The largest absolute Gasteiger partial charge is 0.399 e. The third-order valence-corrected chi connectivity index (χ3v) is 6.63. The molecule has 1 heterocycles. The van der Waals surface area contributed by atoms with E-state index in [1.807, 2.05) is 54.6 Å². The first-order chi connectivity index (χ1) is 17.5. The van der Waals surface area contributed by atoms with Gasteiger partial charge in [-0.05, 0) is 75.7 Å². The van der Waals surface area contributed by atoms with Crippen LogP contribution in [0.2, 0.25) is 5.02 Å². The average molecular weight is 528 g/mol. The molecule has 4 N–H and O–H groups in total. The van der Waals surface area contributed by atoms with E-state index in [0.29, 0.717) is 29.0 Å². The predicted octanol–water partition coefficient (Wildman–Crippen LogP) is 5.42. The molecule has 0 spiro atoms. The van der Waals surface area contributed by atoms with Crippen molar-refractivity contribution in [3.05, 3.63) is 77.1 Å². The maximum absolute atomic E-state index is 11.4. The van der Waals surface area contributed by atoms with Gasteiger partial charge in [-0.2, -0.15) is 12.6 Å². The average Bonchev–Trinajstić information content (AvgIpc) is 2.93. The molecular formula is C28H38ClN5OS. The number of carbonyl (C=O) groups excluding carboxylic acids is 1. The van der Waals surface area contributed by atoms with E-state index in [4.69, 9.17) is 23.1 Å². The highest BCUT2D eigenvalue weighted by atomic mass is 35.5. The molecule has 0 amide bonds. The van der Waals surface area contributed by atoms with Gasteiger partial charge in [0, 0.05) is 41.5 Å². The van der Waals surface area contributed by atoms with Gasteiger partial charge >= 0.3 is 0 Å². The van der Waals surface area contributed by atoms with Crippen LogP contribution in [0.25, 0.3) is 11.4 Å². The van der Waals surface area contributed by atoms with Crippen LogP contribution in [0.1, 0.15) is 41.7 Å². The molecule has 8 heteroatoms. The number of nitrogen functional groups attached to an aromatic ring is 1. The summed E-state index contributed by atoms with van der Waals surface area (Å²) >= 11 is 9.07. The highest BCUT2D eigenvalue weighted by molar-refractivity contribution is 7.79. The van der Waals surface area contributed by atoms with E-state index in [-0.39, 0.29) is 0 Å². The van der Waals surface area contributed by atoms with Gasteiger partial charge in [0.25, 0.3) is 0 Å². The number of hydrogen-bond acceptors (Lipinski definition) is 7. The summed E-state index contributed by atoms with van der Waals surface area (Å²) in [5, 5.41) is 0.794. The molecule has 0 atom stereocenters. The van der Waals surface area contributed by atoms with Crippen molar-refractivity contribution >= 4 is 36.2 Å². The van der Waals surface area contributed by atoms with E-state index in [2.05, 4.69) is 34.5 Å². The fourth-order valence-corrected chi connectivity index (χ4v) is 4.39. The van der Waals surface area contributed by atoms with E-state index < -0.39 is 0 Å². The number of nitrogens with zero attached hydrogens (tertiary/aromatic N) is 3. The normalized spacial score (nSPS) is 16.8. The van der Waals surface area contributed by atoms with E-state index in [0.717, 1.165) is 42.1 Å². The summed E-state index contributed by atoms with van der Waals surface area (Å²) in [5.74, 6) is 1.29. The van der Waals surface area contributed by atoms with Gasteiger partial charge in [0.2, 0.25) is 0 Å². The van der Waals surface area contributed by atoms with E-state index in [9.17, 15) is 4.79 Å². The lowest BCUT2D eigenvalue weighted by Gasteiger charge is -2.34. The molecule has 3 aromatic rings. The fourth-order valence-electron chi connectivity index (χ4n) is 4.24. The number of thiol groups is 1. The summed E-state index contributed by atoms with van der Waals surface area (Å²) in [6, 6.07) is 17.5. The second-order valence-corrected chi connectivity index (χ2v) is 9.21. The first-order valence-electron chi connectivity index (χ1n) is 12.2. The highest BCUT2D eigenvalue weighted by Crippen LogP contribution is 2.26. The van der Waals surface area contributed by atoms with Gasteiger partial charge in [-0.3, -0.25) is 4.79 Å². The Bertz CT molecular complexity index is 1050. The molecule has 1 aliphatic carbocycles. The first-order valence-corrected chi connectivity index (χ1v) is 13.5. The maximum Gasteiger partial charge on any atom is 0.159 e. The van der Waals surface area contributed by atoms with Gasteiger partial charge in [0.05, 0.1) is 11.3 Å². The predicted molar refractivity (Wildman–Crippen MR) is 155 cm³/mol. The number of hydrogen-bond donors (Lipinski definition) is 3. The topological polar surface area (TPSA) is 98.1 Å². The summed E-state index contributed by atoms with van der Waals surface area (Å²) in [6.45, 7) is 1.67. The minimum Gasteiger partial charge on any atom is -0.399 e. The summed E-state index contributed by atoms with van der Waals surface area (Å²) in [7, 11) is 2.16. The van der Waals surface area contributed by atoms with Gasteiger partial charge < -0.3 is 16.4 Å². The molecule has 1 fully saturated rings. The molecule has 0 unspecified atom stereocenters. The Balaban J connectivity index is 0.000000431. The SMILES string of the molecule is CN(CCc1nc(-c2cccc(N)c2)ncc1C=O)C1CCC(CN)CC1.CS.Clc1ccccc1. The molecule has 0 radical (unpaired) electrons. The van der Waals surface area contributed by atoms with Crippen molar-refractivity contribution in [2.24, 2.45) is 11.7 Å². The van der Waals surface area contributed by atoms with Gasteiger partial charge in [-0.15, -0.1) is 0 Å². The minimum absolute atomic E-state index is 0.558. The Morgan fingerprint density at radius 2 is 1.78 bits per heavy atom. The van der Waals surface area contributed by atoms with Gasteiger partial charge in [0.1, 0.15) is 0 Å². The molecule has 0 aliphatic heterocycles. The highest BCUT2D eigenvalue weighted by Gasteiger charge is 2.23. The Kier molecular flexibility index (Phi) is 13.5. The third-order valence-electron chi connectivity index (χ3n) is 6.38. The summed E-state index contributed by atoms with van der Waals surface area (Å²) in [4.78, 5) is 22.8. The van der Waals surface area contributed by atoms with Crippen molar-refractivity contribution in [3.63, 3.8) is 0 Å². The van der Waals surface area contributed by atoms with Crippen LogP contribution in [0, 0.1) is 5.92 Å². The summed E-state index contributed by atoms with van der Waals surface area (Å²) in [6.07, 6.45) is 9.66. The molecule has 4 rings (SSSR count). The summed E-state index contributed by atoms with van der Waals surface area (Å²) in [5.41, 5.74) is 14.5. The number of aromatic nitrogens is 2. The molecule has 1 aliphatic rings. The van der Waals surface area contributed by atoms with Crippen LogP contribution in [-0.2, 0) is 6.42 Å². The molecule has 36 heavy (non-hydrogen) atoms. The maximum atomic E-state index is 11.4. The lowest BCUT2D eigenvalue weighted by Crippen LogP contribution is -2.37. The number of aldehydes is 1. The van der Waals surface area contributed by atoms with Crippen LogP contribution in [0.15, 0.2) is 60.8 Å². The Morgan fingerprint density at radius 3 is 2.33 bits per heavy atom. The Labute approximate surface area is 225 Å². The molecule has 0 bridgehead atoms. The monoisotopic (exact) mass is 527 g/mol. The van der Waals surface area contributed by atoms with Gasteiger partial charge in [-0.1, -0.05) is 41.9 Å². The van der Waals surface area contributed by atoms with Crippen molar-refractivity contribution in [1.29, 1.82) is 0 Å². The van der Waals surface area contributed by atoms with Crippen molar-refractivity contribution in [2.45, 2.75) is 38.1 Å². The number of nitrogens with two attached hydrogens (primary N) is 2. The van der Waals surface area contributed by atoms with Crippen molar-refractivity contribution in [3.8, 4) is 11.4 Å². The second-order valence-electron chi connectivity index (χ2n) is 8.78. The quantitative estimate of drug-likeness (QED) is 0.216. The summed E-state index contributed by atoms with van der Waals surface area (Å²) < 4.78 is 0. The number of rotatable bonds is 7. The first kappa shape index (κ1) is 29.8. The molecule has 194 valence electrons. The zero-order chi connectivity index (χ0) is 26.3. The van der Waals surface area contributed by atoms with Crippen molar-refractivity contribution in [2.75, 3.05) is 32.1 Å². The van der Waals surface area contributed by atoms with Crippen LogP contribution < -0.4 is 11.5 Å².